The second kappa shape index (κ2) is 52.2. The molecule has 2 N–H and O–H groups in total. The number of likely N-dealkylation sites (N-methyl/N-ethyl adjacent to an activating group) is 1. The maximum atomic E-state index is 13.5. The number of allylic oxidation sites excluding steroid dienone is 9. The zero-order chi connectivity index (χ0) is 52.9. The number of nitrogens with one attached hydrogen (secondary N) is 1. The summed E-state index contributed by atoms with van der Waals surface area (Å²) in [7, 11) is 1.48. The first-order valence-electron chi connectivity index (χ1n) is 30.1. The lowest BCUT2D eigenvalue weighted by Gasteiger charge is -2.27. The zero-order valence-electron chi connectivity index (χ0n) is 47.9. The minimum atomic E-state index is -4.45. The summed E-state index contributed by atoms with van der Waals surface area (Å²) in [5, 5.41) is 3.03. The van der Waals surface area contributed by atoms with Crippen LogP contribution in [0.15, 0.2) is 60.8 Å². The van der Waals surface area contributed by atoms with Crippen molar-refractivity contribution in [2.75, 3.05) is 40.9 Å². The Morgan fingerprint density at radius 1 is 0.500 bits per heavy atom. The molecule has 0 heterocycles. The van der Waals surface area contributed by atoms with Crippen LogP contribution in [0.1, 0.15) is 271 Å². The molecule has 1 amide bonds. The molecule has 0 aliphatic heterocycles. The number of quaternary nitrogens is 1. The molecule has 0 bridgehead atoms. The van der Waals surface area contributed by atoms with Crippen molar-refractivity contribution in [2.45, 2.75) is 283 Å². The van der Waals surface area contributed by atoms with Crippen LogP contribution < -0.4 is 5.32 Å². The lowest BCUT2D eigenvalue weighted by molar-refractivity contribution is -0.870. The topological polar surface area (TPSA) is 111 Å². The molecule has 420 valence electrons. The van der Waals surface area contributed by atoms with E-state index in [1.54, 1.807) is 0 Å². The summed E-state index contributed by atoms with van der Waals surface area (Å²) in [6, 6.07) is -0.864. The number of amides is 1. The number of hydrogen-bond acceptors (Lipinski definition) is 6. The van der Waals surface area contributed by atoms with Gasteiger partial charge in [0.25, 0.3) is 0 Å². The second-order valence-electron chi connectivity index (χ2n) is 21.5. The standard InChI is InChI=1S/C62H115N2O7P/c1-7-10-13-16-19-22-25-27-29-31-32-33-35-37-40-43-46-49-52-55-62(66)71-60(53-50-47-44-41-38-24-21-18-15-12-9-3)59(58-70-72(67,68)69-57-56-64(4,5)6)63-61(65)54-51-48-45-42-39-36-34-30-28-26-23-20-17-14-11-8-2/h19,22,27,29-30,34,36,39,50,53,59-60H,7-18,20-21,23-26,28,31-33,35,37-38,40-49,51-52,54-58H2,1-6H3,(H-,63,65,67,68)/p+1/b22-19-,29-27-,34-30+,39-36+,53-50+. The molecule has 10 heteroatoms. The van der Waals surface area contributed by atoms with Crippen molar-refractivity contribution in [3.8, 4) is 0 Å². The quantitative estimate of drug-likeness (QED) is 0.0156. The number of carbonyl (C=O) groups excluding carboxylic acids is 2. The SMILES string of the molecule is CCCCC/C=C\C/C=C\CCCCCCCCCCCC(=O)OC(/C=C/CCCCCCCCCCC)C(COP(=O)(O)OCC[N+](C)(C)C)NC(=O)CCCCC/C=C/C=C/CCCCCCCCC. The normalized spacial score (nSPS) is 14.2. The van der Waals surface area contributed by atoms with Crippen LogP contribution in [0.5, 0.6) is 0 Å². The summed E-state index contributed by atoms with van der Waals surface area (Å²) in [4.78, 5) is 37.6. The van der Waals surface area contributed by atoms with E-state index in [0.29, 0.717) is 23.9 Å². The summed E-state index contributed by atoms with van der Waals surface area (Å²) >= 11 is 0. The molecule has 0 radical (unpaired) electrons. The van der Waals surface area contributed by atoms with Gasteiger partial charge in [-0.15, -0.1) is 0 Å². The van der Waals surface area contributed by atoms with E-state index in [0.717, 1.165) is 70.6 Å². The largest absolute Gasteiger partial charge is 0.472 e. The Hall–Kier alpha value is -2.29. The predicted molar refractivity (Wildman–Crippen MR) is 309 cm³/mol. The fraction of sp³-hybridized carbons (Fsp3) is 0.806. The molecule has 0 saturated carbocycles. The van der Waals surface area contributed by atoms with Crippen LogP contribution in [0.2, 0.25) is 0 Å². The van der Waals surface area contributed by atoms with Gasteiger partial charge < -0.3 is 19.4 Å². The Morgan fingerprint density at radius 2 is 0.889 bits per heavy atom. The average molecular weight is 1030 g/mol. The molecule has 0 fully saturated rings. The fourth-order valence-electron chi connectivity index (χ4n) is 8.49. The molecule has 72 heavy (non-hydrogen) atoms. The highest BCUT2D eigenvalue weighted by molar-refractivity contribution is 7.47. The van der Waals surface area contributed by atoms with E-state index in [4.69, 9.17) is 13.8 Å². The van der Waals surface area contributed by atoms with Gasteiger partial charge in [-0.25, -0.2) is 4.57 Å². The summed E-state index contributed by atoms with van der Waals surface area (Å²) in [5.41, 5.74) is 0. The summed E-state index contributed by atoms with van der Waals surface area (Å²) in [6.07, 6.45) is 65.0. The van der Waals surface area contributed by atoms with Crippen molar-refractivity contribution in [3.05, 3.63) is 60.8 Å². The average Bonchev–Trinajstić information content (AvgIpc) is 3.34. The first-order valence-corrected chi connectivity index (χ1v) is 31.6. The number of phosphoric ester groups is 1. The first kappa shape index (κ1) is 69.7. The predicted octanol–water partition coefficient (Wildman–Crippen LogP) is 18.3. The molecule has 0 aromatic heterocycles. The molecular weight excluding hydrogens is 916 g/mol. The van der Waals surface area contributed by atoms with Crippen LogP contribution in [0.3, 0.4) is 0 Å². The molecule has 9 nitrogen and oxygen atoms in total. The molecule has 0 aliphatic carbocycles. The van der Waals surface area contributed by atoms with Gasteiger partial charge in [0, 0.05) is 12.8 Å². The lowest BCUT2D eigenvalue weighted by atomic mass is 10.1. The van der Waals surface area contributed by atoms with Crippen LogP contribution in [0.25, 0.3) is 0 Å². The number of carbonyl (C=O) groups is 2. The summed E-state index contributed by atoms with van der Waals surface area (Å²) < 4.78 is 30.6. The molecule has 0 rings (SSSR count). The van der Waals surface area contributed by atoms with Crippen molar-refractivity contribution in [3.63, 3.8) is 0 Å². The second-order valence-corrected chi connectivity index (χ2v) is 23.0. The van der Waals surface area contributed by atoms with E-state index < -0.39 is 20.0 Å². The minimum Gasteiger partial charge on any atom is -0.456 e. The Morgan fingerprint density at radius 3 is 1.38 bits per heavy atom. The molecule has 0 spiro atoms. The van der Waals surface area contributed by atoms with Gasteiger partial charge in [0.05, 0.1) is 33.8 Å². The third-order valence-electron chi connectivity index (χ3n) is 13.2. The van der Waals surface area contributed by atoms with Crippen molar-refractivity contribution >= 4 is 19.7 Å². The zero-order valence-corrected chi connectivity index (χ0v) is 48.8. The number of phosphoric acid groups is 1. The van der Waals surface area contributed by atoms with Crippen LogP contribution >= 0.6 is 7.82 Å². The Balaban J connectivity index is 5.30. The lowest BCUT2D eigenvalue weighted by Crippen LogP contribution is -2.47. The van der Waals surface area contributed by atoms with Crippen LogP contribution in [0, 0.1) is 0 Å². The van der Waals surface area contributed by atoms with Crippen LogP contribution in [0.4, 0.5) is 0 Å². The van der Waals surface area contributed by atoms with E-state index >= 15 is 0 Å². The van der Waals surface area contributed by atoms with E-state index in [-0.39, 0.29) is 31.5 Å². The van der Waals surface area contributed by atoms with Crippen molar-refractivity contribution < 1.29 is 37.3 Å². The summed E-state index contributed by atoms with van der Waals surface area (Å²) in [6.45, 7) is 6.96. The Kier molecular flexibility index (Phi) is 50.5. The smallest absolute Gasteiger partial charge is 0.456 e. The Labute approximate surface area is 445 Å². The third kappa shape index (κ3) is 52.6. The highest BCUT2D eigenvalue weighted by Crippen LogP contribution is 2.43. The number of unbranched alkanes of at least 4 members (excludes halogenated alkanes) is 31. The Bertz CT molecular complexity index is 1420. The highest BCUT2D eigenvalue weighted by Gasteiger charge is 2.30. The number of ether oxygens (including phenoxy) is 1. The van der Waals surface area contributed by atoms with Gasteiger partial charge in [-0.3, -0.25) is 18.6 Å². The number of rotatable bonds is 54. The van der Waals surface area contributed by atoms with E-state index in [9.17, 15) is 19.0 Å². The van der Waals surface area contributed by atoms with Gasteiger partial charge in [-0.05, 0) is 89.5 Å². The summed E-state index contributed by atoms with van der Waals surface area (Å²) in [5.74, 6) is -0.538. The van der Waals surface area contributed by atoms with Gasteiger partial charge in [-0.2, -0.15) is 0 Å². The molecule has 3 unspecified atom stereocenters. The van der Waals surface area contributed by atoms with Crippen molar-refractivity contribution in [1.82, 2.24) is 5.32 Å². The third-order valence-corrected chi connectivity index (χ3v) is 14.2. The number of hydrogen-bond donors (Lipinski definition) is 2. The van der Waals surface area contributed by atoms with Crippen LogP contribution in [-0.4, -0.2) is 74.3 Å². The monoisotopic (exact) mass is 1030 g/mol. The first-order chi connectivity index (χ1) is 34.9. The molecular formula is C62H116N2O7P+. The van der Waals surface area contributed by atoms with Gasteiger partial charge in [0.1, 0.15) is 19.3 Å². The van der Waals surface area contributed by atoms with Gasteiger partial charge in [0.2, 0.25) is 5.91 Å². The van der Waals surface area contributed by atoms with Gasteiger partial charge in [-0.1, -0.05) is 230 Å². The molecule has 0 aliphatic rings. The number of esters is 1. The van der Waals surface area contributed by atoms with Gasteiger partial charge >= 0.3 is 13.8 Å². The van der Waals surface area contributed by atoms with Gasteiger partial charge in [0.15, 0.2) is 0 Å². The molecule has 0 aromatic carbocycles. The maximum absolute atomic E-state index is 13.5. The maximum Gasteiger partial charge on any atom is 0.472 e. The molecule has 3 atom stereocenters. The highest BCUT2D eigenvalue weighted by atomic mass is 31.2. The van der Waals surface area contributed by atoms with Crippen molar-refractivity contribution in [2.24, 2.45) is 0 Å². The fourth-order valence-corrected chi connectivity index (χ4v) is 9.23. The minimum absolute atomic E-state index is 0.0334. The van der Waals surface area contributed by atoms with Crippen molar-refractivity contribution in [1.29, 1.82) is 0 Å². The van der Waals surface area contributed by atoms with E-state index in [1.165, 1.54) is 161 Å². The number of nitrogens with zero attached hydrogens (tertiary/aromatic N) is 1. The van der Waals surface area contributed by atoms with Crippen LogP contribution in [-0.2, 0) is 27.9 Å². The van der Waals surface area contributed by atoms with E-state index in [1.807, 2.05) is 33.3 Å². The molecule has 0 aromatic rings. The molecule has 0 saturated heterocycles. The van der Waals surface area contributed by atoms with E-state index in [2.05, 4.69) is 74.7 Å².